The van der Waals surface area contributed by atoms with Crippen LogP contribution in [-0.4, -0.2) is 95.8 Å². The van der Waals surface area contributed by atoms with E-state index in [2.05, 4.69) is 24.4 Å². The zero-order valence-corrected chi connectivity index (χ0v) is 33.0. The van der Waals surface area contributed by atoms with E-state index < -0.39 is 21.8 Å². The molecule has 5 aromatic rings. The molecule has 19 heteroatoms. The third-order valence-electron chi connectivity index (χ3n) is 8.09. The van der Waals surface area contributed by atoms with Gasteiger partial charge in [-0.05, 0) is 71.3 Å². The van der Waals surface area contributed by atoms with Gasteiger partial charge >= 0.3 is 6.18 Å². The van der Waals surface area contributed by atoms with Gasteiger partial charge < -0.3 is 33.7 Å². The Hall–Kier alpha value is -5.04. The number of pyridine rings is 1. The number of anilines is 1. The number of aromatic nitrogens is 3. The molecule has 0 bridgehead atoms. The van der Waals surface area contributed by atoms with Gasteiger partial charge in [0.15, 0.2) is 0 Å². The number of halogens is 3. The molecule has 0 aliphatic heterocycles. The van der Waals surface area contributed by atoms with Crippen LogP contribution < -0.4 is 14.8 Å². The quantitative estimate of drug-likeness (QED) is 0.0641. The Morgan fingerprint density at radius 3 is 2.19 bits per heavy atom. The smallest absolute Gasteiger partial charge is 0.416 e. The molecular weight excluding hydrogens is 802 g/mol. The van der Waals surface area contributed by atoms with Crippen molar-refractivity contribution in [3.63, 3.8) is 0 Å². The van der Waals surface area contributed by atoms with Crippen LogP contribution in [0, 0.1) is 11.3 Å². The second-order valence-corrected chi connectivity index (χ2v) is 14.6. The van der Waals surface area contributed by atoms with Gasteiger partial charge in [-0.15, -0.1) is 0 Å². The summed E-state index contributed by atoms with van der Waals surface area (Å²) in [5, 5.41) is 13.3. The first-order valence-corrected chi connectivity index (χ1v) is 20.1. The van der Waals surface area contributed by atoms with E-state index in [0.29, 0.717) is 93.9 Å². The molecule has 0 aliphatic carbocycles. The van der Waals surface area contributed by atoms with E-state index in [9.17, 15) is 26.9 Å². The van der Waals surface area contributed by atoms with Crippen molar-refractivity contribution in [2.45, 2.75) is 17.7 Å². The van der Waals surface area contributed by atoms with Crippen molar-refractivity contribution in [3.8, 4) is 39.8 Å². The topological polar surface area (TPSA) is 176 Å². The van der Waals surface area contributed by atoms with E-state index in [-0.39, 0.29) is 33.7 Å². The molecule has 0 atom stereocenters. The van der Waals surface area contributed by atoms with Gasteiger partial charge in [-0.25, -0.2) is 13.4 Å². The number of rotatable bonds is 24. The highest BCUT2D eigenvalue weighted by Gasteiger charge is 2.30. The van der Waals surface area contributed by atoms with Crippen LogP contribution in [0.3, 0.4) is 0 Å². The standard InChI is InChI=1S/C39H41F3N6O8S2/c1-51-15-16-53-19-20-54-18-17-52-13-11-44-12-14-55-26-33-22-30(9-10-45-33)35-24-29(28-3-2-4-32(21-28)39(40,41)42)5-7-37(35)56-36-8-6-34(23-31(36)25-43)58(49,50)48-38-46-27-47-57-38/h2-10,21-24,27,44H,11-20,26H2,1H3,(H,46,47,48). The second kappa shape index (κ2) is 22.2. The van der Waals surface area contributed by atoms with Crippen molar-refractivity contribution in [3.05, 3.63) is 102 Å². The van der Waals surface area contributed by atoms with Gasteiger partial charge in [0, 0.05) is 43.5 Å². The van der Waals surface area contributed by atoms with Crippen LogP contribution in [0.5, 0.6) is 11.5 Å². The van der Waals surface area contributed by atoms with Crippen LogP contribution in [0.2, 0.25) is 0 Å². The monoisotopic (exact) mass is 842 g/mol. The van der Waals surface area contributed by atoms with E-state index in [1.165, 1.54) is 30.6 Å². The third kappa shape index (κ3) is 13.5. The number of ether oxygens (including phenoxy) is 6. The molecule has 2 N–H and O–H groups in total. The normalized spacial score (nSPS) is 11.7. The van der Waals surface area contributed by atoms with Crippen LogP contribution >= 0.6 is 11.5 Å². The van der Waals surface area contributed by atoms with E-state index >= 15 is 0 Å². The maximum atomic E-state index is 13.6. The van der Waals surface area contributed by atoms with Gasteiger partial charge in [0.25, 0.3) is 10.0 Å². The van der Waals surface area contributed by atoms with E-state index in [1.807, 2.05) is 6.07 Å². The lowest BCUT2D eigenvalue weighted by molar-refractivity contribution is -0.137. The summed E-state index contributed by atoms with van der Waals surface area (Å²) in [5.74, 6) is 0.298. The highest BCUT2D eigenvalue weighted by atomic mass is 32.2. The molecule has 308 valence electrons. The summed E-state index contributed by atoms with van der Waals surface area (Å²) in [5.41, 5.74) is 1.57. The number of methoxy groups -OCH3 is 1. The van der Waals surface area contributed by atoms with E-state index in [0.717, 1.165) is 23.7 Å². The molecule has 2 heterocycles. The van der Waals surface area contributed by atoms with Gasteiger partial charge in [-0.1, -0.05) is 18.2 Å². The Labute approximate surface area is 338 Å². The summed E-state index contributed by atoms with van der Waals surface area (Å²) >= 11 is 0.850. The number of sulfonamides is 1. The lowest BCUT2D eigenvalue weighted by atomic mass is 9.97. The van der Waals surface area contributed by atoms with Gasteiger partial charge in [0.05, 0.1) is 81.2 Å². The Bertz CT molecular complexity index is 2210. The molecule has 0 saturated heterocycles. The fraction of sp³-hybridized carbons (Fsp3) is 0.333. The minimum absolute atomic E-state index is 0.0498. The summed E-state index contributed by atoms with van der Waals surface area (Å²) < 4.78 is 106. The van der Waals surface area contributed by atoms with Gasteiger partial charge in [-0.2, -0.15) is 22.8 Å². The Morgan fingerprint density at radius 2 is 1.48 bits per heavy atom. The Kier molecular flexibility index (Phi) is 16.9. The van der Waals surface area contributed by atoms with Crippen LogP contribution in [0.4, 0.5) is 18.3 Å². The maximum Gasteiger partial charge on any atom is 0.416 e. The molecule has 14 nitrogen and oxygen atoms in total. The number of nitriles is 1. The van der Waals surface area contributed by atoms with Crippen LogP contribution in [0.15, 0.2) is 90.2 Å². The van der Waals surface area contributed by atoms with Gasteiger partial charge in [0.1, 0.15) is 23.9 Å². The summed E-state index contributed by atoms with van der Waals surface area (Å²) in [7, 11) is -2.48. The molecule has 0 spiro atoms. The van der Waals surface area contributed by atoms with Crippen molar-refractivity contribution < 1.29 is 50.0 Å². The second-order valence-electron chi connectivity index (χ2n) is 12.2. The van der Waals surface area contributed by atoms with Crippen LogP contribution in [-0.2, 0) is 46.5 Å². The number of hydrogen-bond donors (Lipinski definition) is 2. The minimum Gasteiger partial charge on any atom is -0.455 e. The fourth-order valence-corrected chi connectivity index (χ4v) is 6.95. The van der Waals surface area contributed by atoms with E-state index in [1.54, 1.807) is 49.7 Å². The number of alkyl halides is 3. The first-order valence-electron chi connectivity index (χ1n) is 17.9. The largest absolute Gasteiger partial charge is 0.455 e. The first kappa shape index (κ1) is 44.1. The lowest BCUT2D eigenvalue weighted by Gasteiger charge is -2.16. The van der Waals surface area contributed by atoms with Crippen molar-refractivity contribution >= 4 is 26.7 Å². The predicted molar refractivity (Wildman–Crippen MR) is 209 cm³/mol. The molecule has 58 heavy (non-hydrogen) atoms. The fourth-order valence-electron chi connectivity index (χ4n) is 5.26. The van der Waals surface area contributed by atoms with Crippen molar-refractivity contribution in [2.24, 2.45) is 0 Å². The summed E-state index contributed by atoms with van der Waals surface area (Å²) in [6.07, 6.45) is -1.76. The number of benzene rings is 3. The maximum absolute atomic E-state index is 13.6. The molecule has 0 amide bonds. The molecule has 3 aromatic carbocycles. The van der Waals surface area contributed by atoms with Crippen molar-refractivity contribution in [1.29, 1.82) is 5.26 Å². The van der Waals surface area contributed by atoms with Gasteiger partial charge in [0.2, 0.25) is 5.13 Å². The first-order chi connectivity index (χ1) is 28.1. The number of nitrogens with one attached hydrogen (secondary N) is 2. The lowest BCUT2D eigenvalue weighted by Crippen LogP contribution is -2.24. The zero-order valence-electron chi connectivity index (χ0n) is 31.4. The number of nitrogens with zero attached hydrogens (tertiary/aromatic N) is 4. The molecule has 0 saturated carbocycles. The van der Waals surface area contributed by atoms with Crippen LogP contribution in [0.25, 0.3) is 22.3 Å². The van der Waals surface area contributed by atoms with Gasteiger partial charge in [-0.3, -0.25) is 9.71 Å². The summed E-state index contributed by atoms with van der Waals surface area (Å²) in [6, 6.07) is 19.1. The average molecular weight is 843 g/mol. The predicted octanol–water partition coefficient (Wildman–Crippen LogP) is 6.55. The minimum atomic E-state index is -4.54. The molecule has 0 radical (unpaired) electrons. The number of hydrogen-bond acceptors (Lipinski definition) is 14. The SMILES string of the molecule is COCCOCCOCCOCCNCCOCc1cc(-c2cc(-c3cccc(C(F)(F)F)c3)ccc2Oc2ccc(S(=O)(=O)Nc3ncns3)cc2C#N)ccn1. The molecular formula is C39H41F3N6O8S2. The Morgan fingerprint density at radius 1 is 0.776 bits per heavy atom. The Balaban J connectivity index is 1.24. The molecule has 5 rings (SSSR count). The summed E-state index contributed by atoms with van der Waals surface area (Å²) in [4.78, 5) is 8.05. The van der Waals surface area contributed by atoms with E-state index in [4.69, 9.17) is 28.4 Å². The highest BCUT2D eigenvalue weighted by Crippen LogP contribution is 2.39. The highest BCUT2D eigenvalue weighted by molar-refractivity contribution is 7.93. The summed E-state index contributed by atoms with van der Waals surface area (Å²) in [6.45, 7) is 5.24. The van der Waals surface area contributed by atoms with Crippen LogP contribution in [0.1, 0.15) is 16.8 Å². The molecule has 0 fully saturated rings. The molecule has 2 aromatic heterocycles. The average Bonchev–Trinajstić information content (AvgIpc) is 3.73. The third-order valence-corrected chi connectivity index (χ3v) is 10.1. The zero-order chi connectivity index (χ0) is 41.2. The molecule has 0 aliphatic rings. The van der Waals surface area contributed by atoms with Crippen molar-refractivity contribution in [2.75, 3.05) is 77.8 Å². The molecule has 0 unspecified atom stereocenters. The van der Waals surface area contributed by atoms with Crippen molar-refractivity contribution in [1.82, 2.24) is 19.7 Å².